The van der Waals surface area contributed by atoms with Crippen molar-refractivity contribution in [3.05, 3.63) is 23.8 Å². The molecule has 1 rings (SSSR count). The predicted molar refractivity (Wildman–Crippen MR) is 59.3 cm³/mol. The Morgan fingerprint density at radius 3 is 2.00 bits per heavy atom. The van der Waals surface area contributed by atoms with Crippen molar-refractivity contribution < 1.29 is 20.4 Å². The molecule has 1 aromatic rings. The Morgan fingerprint density at radius 1 is 1.06 bits per heavy atom. The highest BCUT2D eigenvalue weighted by Crippen LogP contribution is 2.24. The van der Waals surface area contributed by atoms with Gasteiger partial charge in [-0.2, -0.15) is 0 Å². The van der Waals surface area contributed by atoms with Gasteiger partial charge in [0.25, 0.3) is 0 Å². The van der Waals surface area contributed by atoms with Crippen LogP contribution in [0.15, 0.2) is 18.2 Å². The number of benzene rings is 1. The SMILES string of the molecule is CC(NC(CO)CO)c1cc(O)cc(O)c1. The van der Waals surface area contributed by atoms with Gasteiger partial charge in [-0.1, -0.05) is 0 Å². The van der Waals surface area contributed by atoms with E-state index in [2.05, 4.69) is 5.32 Å². The van der Waals surface area contributed by atoms with E-state index in [0.717, 1.165) is 0 Å². The summed E-state index contributed by atoms with van der Waals surface area (Å²) in [5.41, 5.74) is 0.685. The average molecular weight is 227 g/mol. The Morgan fingerprint density at radius 2 is 1.56 bits per heavy atom. The summed E-state index contributed by atoms with van der Waals surface area (Å²) >= 11 is 0. The molecule has 0 amide bonds. The third-order valence-electron chi connectivity index (χ3n) is 2.35. The molecule has 0 saturated carbocycles. The molecule has 0 aliphatic rings. The number of aromatic hydroxyl groups is 2. The van der Waals surface area contributed by atoms with Crippen molar-refractivity contribution in [1.82, 2.24) is 5.32 Å². The van der Waals surface area contributed by atoms with Crippen LogP contribution in [0, 0.1) is 0 Å². The standard InChI is InChI=1S/C11H17NO4/c1-7(12-9(5-13)6-14)8-2-10(15)4-11(16)3-8/h2-4,7,9,12-16H,5-6H2,1H3. The molecule has 0 saturated heterocycles. The summed E-state index contributed by atoms with van der Waals surface area (Å²) < 4.78 is 0. The molecule has 0 spiro atoms. The molecule has 1 unspecified atom stereocenters. The van der Waals surface area contributed by atoms with Gasteiger partial charge < -0.3 is 25.7 Å². The monoisotopic (exact) mass is 227 g/mol. The summed E-state index contributed by atoms with van der Waals surface area (Å²) in [6.07, 6.45) is 0. The van der Waals surface area contributed by atoms with Crippen LogP contribution in [0.2, 0.25) is 0 Å². The van der Waals surface area contributed by atoms with E-state index in [0.29, 0.717) is 5.56 Å². The summed E-state index contributed by atoms with van der Waals surface area (Å²) in [5.74, 6) is -0.0404. The van der Waals surface area contributed by atoms with Crippen LogP contribution in [0.1, 0.15) is 18.5 Å². The third kappa shape index (κ3) is 3.37. The number of aliphatic hydroxyl groups is 2. The van der Waals surface area contributed by atoms with Gasteiger partial charge in [0.1, 0.15) is 11.5 Å². The van der Waals surface area contributed by atoms with Crippen LogP contribution in [0.3, 0.4) is 0 Å². The summed E-state index contributed by atoms with van der Waals surface area (Å²) in [4.78, 5) is 0. The van der Waals surface area contributed by atoms with Crippen molar-refractivity contribution in [3.63, 3.8) is 0 Å². The zero-order chi connectivity index (χ0) is 12.1. The largest absolute Gasteiger partial charge is 0.508 e. The maximum absolute atomic E-state index is 9.30. The van der Waals surface area contributed by atoms with Crippen molar-refractivity contribution in [2.75, 3.05) is 13.2 Å². The van der Waals surface area contributed by atoms with E-state index in [-0.39, 0.29) is 30.8 Å². The summed E-state index contributed by atoms with van der Waals surface area (Å²) in [5, 5.41) is 39.4. The molecule has 16 heavy (non-hydrogen) atoms. The van der Waals surface area contributed by atoms with E-state index < -0.39 is 6.04 Å². The highest BCUT2D eigenvalue weighted by Gasteiger charge is 2.12. The van der Waals surface area contributed by atoms with E-state index in [1.807, 2.05) is 6.92 Å². The molecule has 90 valence electrons. The van der Waals surface area contributed by atoms with Crippen LogP contribution in [0.5, 0.6) is 11.5 Å². The number of aliphatic hydroxyl groups excluding tert-OH is 2. The van der Waals surface area contributed by atoms with E-state index in [1.54, 1.807) is 0 Å². The van der Waals surface area contributed by atoms with Crippen LogP contribution in [-0.2, 0) is 0 Å². The lowest BCUT2D eigenvalue weighted by Gasteiger charge is -2.20. The molecule has 5 nitrogen and oxygen atoms in total. The smallest absolute Gasteiger partial charge is 0.119 e. The fraction of sp³-hybridized carbons (Fsp3) is 0.455. The first kappa shape index (κ1) is 12.8. The molecule has 0 aromatic heterocycles. The van der Waals surface area contributed by atoms with Gasteiger partial charge in [0.05, 0.1) is 19.3 Å². The zero-order valence-corrected chi connectivity index (χ0v) is 9.09. The molecule has 0 aliphatic carbocycles. The summed E-state index contributed by atoms with van der Waals surface area (Å²) in [6.45, 7) is 1.46. The van der Waals surface area contributed by atoms with Gasteiger partial charge in [0.2, 0.25) is 0 Å². The highest BCUT2D eigenvalue weighted by atomic mass is 16.3. The van der Waals surface area contributed by atoms with E-state index in [9.17, 15) is 10.2 Å². The second kappa shape index (κ2) is 5.69. The van der Waals surface area contributed by atoms with Gasteiger partial charge >= 0.3 is 0 Å². The Hall–Kier alpha value is -1.30. The van der Waals surface area contributed by atoms with Gasteiger partial charge in [-0.25, -0.2) is 0 Å². The Kier molecular flexibility index (Phi) is 4.54. The van der Waals surface area contributed by atoms with Gasteiger partial charge in [0.15, 0.2) is 0 Å². The number of hydrogen-bond acceptors (Lipinski definition) is 5. The molecule has 0 radical (unpaired) electrons. The van der Waals surface area contributed by atoms with E-state index in [4.69, 9.17) is 10.2 Å². The molecule has 0 heterocycles. The lowest BCUT2D eigenvalue weighted by atomic mass is 10.1. The maximum atomic E-state index is 9.30. The normalized spacial score (nSPS) is 13.0. The fourth-order valence-corrected chi connectivity index (χ4v) is 1.48. The Balaban J connectivity index is 2.75. The quantitative estimate of drug-likeness (QED) is 0.492. The molecular formula is C11H17NO4. The summed E-state index contributed by atoms with van der Waals surface area (Å²) in [6, 6.07) is 3.67. The molecule has 1 atom stereocenters. The van der Waals surface area contributed by atoms with Crippen molar-refractivity contribution in [1.29, 1.82) is 0 Å². The third-order valence-corrected chi connectivity index (χ3v) is 2.35. The number of rotatable bonds is 5. The van der Waals surface area contributed by atoms with Gasteiger partial charge in [0, 0.05) is 12.1 Å². The fourth-order valence-electron chi connectivity index (χ4n) is 1.48. The minimum Gasteiger partial charge on any atom is -0.508 e. The van der Waals surface area contributed by atoms with Crippen LogP contribution in [-0.4, -0.2) is 39.7 Å². The molecule has 0 aliphatic heterocycles. The van der Waals surface area contributed by atoms with Gasteiger partial charge in [-0.05, 0) is 24.6 Å². The number of phenolic OH excluding ortho intramolecular Hbond substituents is 2. The second-order valence-corrected chi connectivity index (χ2v) is 3.73. The van der Waals surface area contributed by atoms with Crippen molar-refractivity contribution >= 4 is 0 Å². The second-order valence-electron chi connectivity index (χ2n) is 3.73. The van der Waals surface area contributed by atoms with Crippen LogP contribution in [0.25, 0.3) is 0 Å². The first-order valence-electron chi connectivity index (χ1n) is 5.07. The number of nitrogens with one attached hydrogen (secondary N) is 1. The molecule has 5 heteroatoms. The highest BCUT2D eigenvalue weighted by molar-refractivity contribution is 5.37. The first-order valence-corrected chi connectivity index (χ1v) is 5.07. The van der Waals surface area contributed by atoms with Gasteiger partial charge in [-0.15, -0.1) is 0 Å². The lowest BCUT2D eigenvalue weighted by molar-refractivity contribution is 0.163. The molecular weight excluding hydrogens is 210 g/mol. The lowest BCUT2D eigenvalue weighted by Crippen LogP contribution is -2.37. The topological polar surface area (TPSA) is 93.0 Å². The van der Waals surface area contributed by atoms with Crippen LogP contribution < -0.4 is 5.32 Å². The number of hydrogen-bond donors (Lipinski definition) is 5. The molecule has 0 bridgehead atoms. The average Bonchev–Trinajstić information content (AvgIpc) is 2.24. The zero-order valence-electron chi connectivity index (χ0n) is 9.09. The van der Waals surface area contributed by atoms with E-state index >= 15 is 0 Å². The van der Waals surface area contributed by atoms with Crippen molar-refractivity contribution in [2.24, 2.45) is 0 Å². The molecule has 1 aromatic carbocycles. The van der Waals surface area contributed by atoms with Gasteiger partial charge in [-0.3, -0.25) is 0 Å². The van der Waals surface area contributed by atoms with Crippen molar-refractivity contribution in [2.45, 2.75) is 19.0 Å². The van der Waals surface area contributed by atoms with Crippen molar-refractivity contribution in [3.8, 4) is 11.5 Å². The minimum absolute atomic E-state index is 0.0202. The van der Waals surface area contributed by atoms with Crippen LogP contribution in [0.4, 0.5) is 0 Å². The number of phenols is 2. The van der Waals surface area contributed by atoms with Crippen LogP contribution >= 0.6 is 0 Å². The Bertz CT molecular complexity index is 319. The van der Waals surface area contributed by atoms with E-state index in [1.165, 1.54) is 18.2 Å². The minimum atomic E-state index is -0.417. The maximum Gasteiger partial charge on any atom is 0.119 e. The first-order chi connectivity index (χ1) is 7.56. The molecule has 5 N–H and O–H groups in total. The molecule has 0 fully saturated rings. The summed E-state index contributed by atoms with van der Waals surface area (Å²) in [7, 11) is 0. The Labute approximate surface area is 94.0 Å². The predicted octanol–water partition coefficient (Wildman–Crippen LogP) is 0.102.